The summed E-state index contributed by atoms with van der Waals surface area (Å²) >= 11 is 6.12. The van der Waals surface area contributed by atoms with E-state index in [0.717, 1.165) is 38.4 Å². The van der Waals surface area contributed by atoms with Crippen molar-refractivity contribution in [1.29, 1.82) is 0 Å². The van der Waals surface area contributed by atoms with Crippen molar-refractivity contribution in [2.24, 2.45) is 0 Å². The Balaban J connectivity index is 1.39. The van der Waals surface area contributed by atoms with Gasteiger partial charge in [0.2, 0.25) is 5.91 Å². The SMILES string of the molecule is COc1ccc(NCCC(=O)N2CCN(Cc3ccccc3)CC2)cc1Cl. The molecular weight excluding hydrogens is 362 g/mol. The predicted molar refractivity (Wildman–Crippen MR) is 109 cm³/mol. The zero-order valence-electron chi connectivity index (χ0n) is 15.7. The summed E-state index contributed by atoms with van der Waals surface area (Å²) in [6, 6.07) is 16.0. The van der Waals surface area contributed by atoms with E-state index < -0.39 is 0 Å². The van der Waals surface area contributed by atoms with Gasteiger partial charge in [0, 0.05) is 51.4 Å². The Morgan fingerprint density at radius 3 is 2.52 bits per heavy atom. The third kappa shape index (κ3) is 5.62. The van der Waals surface area contributed by atoms with Gasteiger partial charge in [-0.15, -0.1) is 0 Å². The molecule has 0 saturated carbocycles. The van der Waals surface area contributed by atoms with Crippen LogP contribution in [0.15, 0.2) is 48.5 Å². The first kappa shape index (κ1) is 19.5. The molecule has 0 spiro atoms. The minimum atomic E-state index is 0.196. The Morgan fingerprint density at radius 1 is 1.11 bits per heavy atom. The van der Waals surface area contributed by atoms with Gasteiger partial charge >= 0.3 is 0 Å². The normalized spacial score (nSPS) is 14.8. The standard InChI is InChI=1S/C21H26ClN3O2/c1-27-20-8-7-18(15-19(20)22)23-10-9-21(26)25-13-11-24(12-14-25)16-17-5-3-2-4-6-17/h2-8,15,23H,9-14,16H2,1H3. The van der Waals surface area contributed by atoms with E-state index in [2.05, 4.69) is 34.5 Å². The van der Waals surface area contributed by atoms with Crippen molar-refractivity contribution in [3.8, 4) is 5.75 Å². The number of hydrogen-bond acceptors (Lipinski definition) is 4. The van der Waals surface area contributed by atoms with Gasteiger partial charge < -0.3 is 15.0 Å². The highest BCUT2D eigenvalue weighted by molar-refractivity contribution is 6.32. The number of anilines is 1. The molecule has 0 radical (unpaired) electrons. The number of ether oxygens (including phenoxy) is 1. The average molecular weight is 388 g/mol. The summed E-state index contributed by atoms with van der Waals surface area (Å²) in [4.78, 5) is 16.8. The highest BCUT2D eigenvalue weighted by Gasteiger charge is 2.20. The third-order valence-corrected chi connectivity index (χ3v) is 5.09. The van der Waals surface area contributed by atoms with Gasteiger partial charge in [0.05, 0.1) is 12.1 Å². The molecule has 0 atom stereocenters. The van der Waals surface area contributed by atoms with Gasteiger partial charge in [0.25, 0.3) is 0 Å². The van der Waals surface area contributed by atoms with Gasteiger partial charge in [0.1, 0.15) is 5.75 Å². The summed E-state index contributed by atoms with van der Waals surface area (Å²) in [5.41, 5.74) is 2.21. The van der Waals surface area contributed by atoms with Crippen molar-refractivity contribution in [2.45, 2.75) is 13.0 Å². The summed E-state index contributed by atoms with van der Waals surface area (Å²) in [5, 5.41) is 3.81. The lowest BCUT2D eigenvalue weighted by Gasteiger charge is -2.34. The molecule has 1 N–H and O–H groups in total. The van der Waals surface area contributed by atoms with Crippen LogP contribution >= 0.6 is 11.6 Å². The Hall–Kier alpha value is -2.24. The maximum Gasteiger partial charge on any atom is 0.224 e. The molecule has 1 heterocycles. The third-order valence-electron chi connectivity index (χ3n) is 4.79. The zero-order chi connectivity index (χ0) is 19.1. The van der Waals surface area contributed by atoms with Crippen LogP contribution in [0.25, 0.3) is 0 Å². The lowest BCUT2D eigenvalue weighted by atomic mass is 10.2. The first-order valence-corrected chi connectivity index (χ1v) is 9.65. The molecule has 6 heteroatoms. The van der Waals surface area contributed by atoms with Crippen LogP contribution in [0.2, 0.25) is 5.02 Å². The lowest BCUT2D eigenvalue weighted by molar-refractivity contribution is -0.132. The number of benzene rings is 2. The Labute approximate surface area is 165 Å². The summed E-state index contributed by atoms with van der Waals surface area (Å²) in [5.74, 6) is 0.841. The first-order valence-electron chi connectivity index (χ1n) is 9.27. The number of hydrogen-bond donors (Lipinski definition) is 1. The van der Waals surface area contributed by atoms with E-state index in [1.807, 2.05) is 29.2 Å². The minimum absolute atomic E-state index is 0.196. The molecule has 1 fully saturated rings. The molecule has 1 aliphatic rings. The number of rotatable bonds is 7. The van der Waals surface area contributed by atoms with Crippen LogP contribution in [-0.2, 0) is 11.3 Å². The van der Waals surface area contributed by atoms with E-state index >= 15 is 0 Å². The molecule has 0 unspecified atom stereocenters. The van der Waals surface area contributed by atoms with Crippen molar-refractivity contribution in [1.82, 2.24) is 9.80 Å². The maximum absolute atomic E-state index is 12.4. The first-order chi connectivity index (χ1) is 13.2. The zero-order valence-corrected chi connectivity index (χ0v) is 16.4. The van der Waals surface area contributed by atoms with Crippen LogP contribution in [-0.4, -0.2) is 55.5 Å². The lowest BCUT2D eigenvalue weighted by Crippen LogP contribution is -2.48. The largest absolute Gasteiger partial charge is 0.495 e. The van der Waals surface area contributed by atoms with Crippen molar-refractivity contribution < 1.29 is 9.53 Å². The summed E-state index contributed by atoms with van der Waals surface area (Å²) < 4.78 is 5.14. The molecule has 2 aromatic carbocycles. The molecule has 3 rings (SSSR count). The molecule has 144 valence electrons. The van der Waals surface area contributed by atoms with Gasteiger partial charge in [-0.1, -0.05) is 41.9 Å². The Morgan fingerprint density at radius 2 is 1.85 bits per heavy atom. The van der Waals surface area contributed by atoms with E-state index in [4.69, 9.17) is 16.3 Å². The molecule has 1 saturated heterocycles. The van der Waals surface area contributed by atoms with E-state index in [1.165, 1.54) is 5.56 Å². The number of amides is 1. The smallest absolute Gasteiger partial charge is 0.224 e. The molecule has 1 amide bonds. The van der Waals surface area contributed by atoms with E-state index in [9.17, 15) is 4.79 Å². The van der Waals surface area contributed by atoms with Crippen LogP contribution < -0.4 is 10.1 Å². The monoisotopic (exact) mass is 387 g/mol. The fraction of sp³-hybridized carbons (Fsp3) is 0.381. The highest BCUT2D eigenvalue weighted by atomic mass is 35.5. The number of nitrogens with one attached hydrogen (secondary N) is 1. The highest BCUT2D eigenvalue weighted by Crippen LogP contribution is 2.27. The van der Waals surface area contributed by atoms with E-state index in [0.29, 0.717) is 23.7 Å². The number of methoxy groups -OCH3 is 1. The topological polar surface area (TPSA) is 44.8 Å². The quantitative estimate of drug-likeness (QED) is 0.789. The average Bonchev–Trinajstić information content (AvgIpc) is 2.69. The summed E-state index contributed by atoms with van der Waals surface area (Å²) in [6.07, 6.45) is 0.475. The molecule has 0 aliphatic carbocycles. The molecule has 2 aromatic rings. The van der Waals surface area contributed by atoms with Gasteiger partial charge in [-0.05, 0) is 23.8 Å². The maximum atomic E-state index is 12.4. The molecular formula is C21H26ClN3O2. The minimum Gasteiger partial charge on any atom is -0.495 e. The summed E-state index contributed by atoms with van der Waals surface area (Å²) in [6.45, 7) is 4.96. The molecule has 1 aliphatic heterocycles. The van der Waals surface area contributed by atoms with Crippen LogP contribution in [0.3, 0.4) is 0 Å². The number of nitrogens with zero attached hydrogens (tertiary/aromatic N) is 2. The number of carbonyl (C=O) groups is 1. The van der Waals surface area contributed by atoms with E-state index in [-0.39, 0.29) is 5.91 Å². The number of halogens is 1. The second kappa shape index (κ2) is 9.62. The van der Waals surface area contributed by atoms with Crippen LogP contribution in [0.4, 0.5) is 5.69 Å². The van der Waals surface area contributed by atoms with Gasteiger partial charge in [0.15, 0.2) is 0 Å². The Kier molecular flexibility index (Phi) is 6.96. The fourth-order valence-electron chi connectivity index (χ4n) is 3.25. The second-order valence-corrected chi connectivity index (χ2v) is 7.08. The van der Waals surface area contributed by atoms with Crippen LogP contribution in [0, 0.1) is 0 Å². The molecule has 0 aromatic heterocycles. The number of piperazine rings is 1. The Bertz CT molecular complexity index is 746. The predicted octanol–water partition coefficient (Wildman–Crippen LogP) is 3.50. The van der Waals surface area contributed by atoms with Crippen molar-refractivity contribution in [3.05, 3.63) is 59.1 Å². The van der Waals surface area contributed by atoms with Crippen molar-refractivity contribution in [3.63, 3.8) is 0 Å². The van der Waals surface area contributed by atoms with E-state index in [1.54, 1.807) is 7.11 Å². The van der Waals surface area contributed by atoms with Gasteiger partial charge in [-0.25, -0.2) is 0 Å². The molecule has 0 bridgehead atoms. The summed E-state index contributed by atoms with van der Waals surface area (Å²) in [7, 11) is 1.59. The second-order valence-electron chi connectivity index (χ2n) is 6.67. The molecule has 27 heavy (non-hydrogen) atoms. The number of carbonyl (C=O) groups excluding carboxylic acids is 1. The fourth-order valence-corrected chi connectivity index (χ4v) is 3.50. The van der Waals surface area contributed by atoms with Crippen LogP contribution in [0.1, 0.15) is 12.0 Å². The van der Waals surface area contributed by atoms with Gasteiger partial charge in [-0.3, -0.25) is 9.69 Å². The van der Waals surface area contributed by atoms with Crippen LogP contribution in [0.5, 0.6) is 5.75 Å². The van der Waals surface area contributed by atoms with Crippen molar-refractivity contribution in [2.75, 3.05) is 45.2 Å². The molecule has 5 nitrogen and oxygen atoms in total. The van der Waals surface area contributed by atoms with Crippen molar-refractivity contribution >= 4 is 23.2 Å². The van der Waals surface area contributed by atoms with Gasteiger partial charge in [-0.2, -0.15) is 0 Å².